The van der Waals surface area contributed by atoms with Crippen molar-refractivity contribution in [3.63, 3.8) is 0 Å². The van der Waals surface area contributed by atoms with Crippen molar-refractivity contribution in [3.05, 3.63) is 29.3 Å². The minimum atomic E-state index is -0.489. The zero-order valence-electron chi connectivity index (χ0n) is 11.9. The molecule has 0 spiro atoms. The van der Waals surface area contributed by atoms with Crippen LogP contribution >= 0.6 is 11.6 Å². The molecule has 2 rings (SSSR count). The molecule has 1 aliphatic carbocycles. The zero-order valence-corrected chi connectivity index (χ0v) is 12.6. The standard InChI is InChI=1S/C16H24ClNO2/c17-13-6-5-9-16(10-13)20-12-15(19)11-18-14-7-3-1-2-4-8-14/h5-6,9-10,14-15,18-19H,1-4,7-8,11-12H2. The quantitative estimate of drug-likeness (QED) is 0.791. The number of hydrogen-bond acceptors (Lipinski definition) is 3. The van der Waals surface area contributed by atoms with Crippen LogP contribution in [0, 0.1) is 0 Å². The molecule has 0 aliphatic heterocycles. The summed E-state index contributed by atoms with van der Waals surface area (Å²) in [5.74, 6) is 0.700. The molecule has 0 saturated heterocycles. The summed E-state index contributed by atoms with van der Waals surface area (Å²) in [6, 6.07) is 7.80. The van der Waals surface area contributed by atoms with E-state index in [4.69, 9.17) is 16.3 Å². The van der Waals surface area contributed by atoms with E-state index in [1.54, 1.807) is 12.1 Å². The van der Waals surface area contributed by atoms with Gasteiger partial charge in [-0.05, 0) is 31.0 Å². The van der Waals surface area contributed by atoms with Crippen molar-refractivity contribution in [2.24, 2.45) is 0 Å². The highest BCUT2D eigenvalue weighted by atomic mass is 35.5. The molecule has 1 atom stereocenters. The molecule has 0 aromatic heterocycles. The summed E-state index contributed by atoms with van der Waals surface area (Å²) in [6.45, 7) is 0.880. The zero-order chi connectivity index (χ0) is 14.2. The van der Waals surface area contributed by atoms with E-state index >= 15 is 0 Å². The van der Waals surface area contributed by atoms with Gasteiger partial charge in [0.1, 0.15) is 18.5 Å². The Morgan fingerprint density at radius 2 is 2.00 bits per heavy atom. The van der Waals surface area contributed by atoms with E-state index in [0.29, 0.717) is 30.0 Å². The molecule has 4 heteroatoms. The van der Waals surface area contributed by atoms with Crippen LogP contribution in [0.3, 0.4) is 0 Å². The van der Waals surface area contributed by atoms with Crippen molar-refractivity contribution in [3.8, 4) is 5.75 Å². The van der Waals surface area contributed by atoms with E-state index in [2.05, 4.69) is 5.32 Å². The molecule has 1 unspecified atom stereocenters. The number of halogens is 1. The van der Waals surface area contributed by atoms with E-state index in [1.807, 2.05) is 12.1 Å². The summed E-state index contributed by atoms with van der Waals surface area (Å²) in [5, 5.41) is 14.1. The fourth-order valence-corrected chi connectivity index (χ4v) is 2.77. The van der Waals surface area contributed by atoms with Gasteiger partial charge in [-0.1, -0.05) is 43.4 Å². The lowest BCUT2D eigenvalue weighted by Crippen LogP contribution is -2.37. The smallest absolute Gasteiger partial charge is 0.120 e. The van der Waals surface area contributed by atoms with Crippen LogP contribution in [-0.4, -0.2) is 30.4 Å². The third-order valence-electron chi connectivity index (χ3n) is 3.74. The highest BCUT2D eigenvalue weighted by molar-refractivity contribution is 6.30. The Labute approximate surface area is 126 Å². The van der Waals surface area contributed by atoms with Crippen molar-refractivity contribution < 1.29 is 9.84 Å². The highest BCUT2D eigenvalue weighted by Crippen LogP contribution is 2.18. The molecule has 1 fully saturated rings. The van der Waals surface area contributed by atoms with Gasteiger partial charge in [0.05, 0.1) is 0 Å². The molecule has 1 aliphatic rings. The summed E-state index contributed by atoms with van der Waals surface area (Å²) in [5.41, 5.74) is 0. The number of nitrogens with one attached hydrogen (secondary N) is 1. The van der Waals surface area contributed by atoms with Crippen LogP contribution in [0.5, 0.6) is 5.75 Å². The molecule has 0 radical (unpaired) electrons. The van der Waals surface area contributed by atoms with Gasteiger partial charge < -0.3 is 15.2 Å². The summed E-state index contributed by atoms with van der Waals surface area (Å²) in [4.78, 5) is 0. The Hall–Kier alpha value is -0.770. The molecule has 1 aromatic rings. The number of ether oxygens (including phenoxy) is 1. The third-order valence-corrected chi connectivity index (χ3v) is 3.97. The van der Waals surface area contributed by atoms with Crippen molar-refractivity contribution >= 4 is 11.6 Å². The Bertz CT molecular complexity index is 392. The van der Waals surface area contributed by atoms with Crippen molar-refractivity contribution in [2.45, 2.75) is 50.7 Å². The molecule has 3 nitrogen and oxygen atoms in total. The van der Waals surface area contributed by atoms with E-state index < -0.39 is 6.10 Å². The second-order valence-electron chi connectivity index (χ2n) is 5.52. The number of aliphatic hydroxyl groups is 1. The fraction of sp³-hybridized carbons (Fsp3) is 0.625. The van der Waals surface area contributed by atoms with Crippen molar-refractivity contribution in [1.82, 2.24) is 5.32 Å². The average Bonchev–Trinajstić information content (AvgIpc) is 2.71. The van der Waals surface area contributed by atoms with Gasteiger partial charge in [-0.3, -0.25) is 0 Å². The fourth-order valence-electron chi connectivity index (χ4n) is 2.59. The maximum atomic E-state index is 9.96. The predicted octanol–water partition coefficient (Wildman–Crippen LogP) is 3.39. The molecule has 1 saturated carbocycles. The minimum absolute atomic E-state index is 0.292. The van der Waals surface area contributed by atoms with E-state index in [9.17, 15) is 5.11 Å². The van der Waals surface area contributed by atoms with Gasteiger partial charge in [0.15, 0.2) is 0 Å². The normalized spacial score (nSPS) is 18.5. The second-order valence-corrected chi connectivity index (χ2v) is 5.96. The van der Waals surface area contributed by atoms with Gasteiger partial charge in [0.25, 0.3) is 0 Å². The van der Waals surface area contributed by atoms with Crippen LogP contribution in [-0.2, 0) is 0 Å². The van der Waals surface area contributed by atoms with Crippen LogP contribution in [0.15, 0.2) is 24.3 Å². The van der Waals surface area contributed by atoms with Crippen molar-refractivity contribution in [1.29, 1.82) is 0 Å². The Kier molecular flexibility index (Phi) is 6.64. The summed E-state index contributed by atoms with van der Waals surface area (Å²) < 4.78 is 5.54. The lowest BCUT2D eigenvalue weighted by atomic mass is 10.1. The third kappa shape index (κ3) is 5.70. The monoisotopic (exact) mass is 297 g/mol. The lowest BCUT2D eigenvalue weighted by molar-refractivity contribution is 0.103. The van der Waals surface area contributed by atoms with Crippen LogP contribution in [0.1, 0.15) is 38.5 Å². The van der Waals surface area contributed by atoms with Crippen LogP contribution in [0.25, 0.3) is 0 Å². The lowest BCUT2D eigenvalue weighted by Gasteiger charge is -2.19. The second kappa shape index (κ2) is 8.50. The summed E-state index contributed by atoms with van der Waals surface area (Å²) in [6.07, 6.45) is 7.25. The summed E-state index contributed by atoms with van der Waals surface area (Å²) >= 11 is 5.88. The largest absolute Gasteiger partial charge is 0.491 e. The minimum Gasteiger partial charge on any atom is -0.491 e. The Balaban J connectivity index is 1.65. The molecule has 0 heterocycles. The number of aliphatic hydroxyl groups excluding tert-OH is 1. The number of hydrogen-bond donors (Lipinski definition) is 2. The maximum absolute atomic E-state index is 9.96. The molecule has 2 N–H and O–H groups in total. The van der Waals surface area contributed by atoms with E-state index in [-0.39, 0.29) is 0 Å². The van der Waals surface area contributed by atoms with Gasteiger partial charge in [-0.15, -0.1) is 0 Å². The first kappa shape index (κ1) is 15.6. The molecular weight excluding hydrogens is 274 g/mol. The topological polar surface area (TPSA) is 41.5 Å². The molecular formula is C16H24ClNO2. The maximum Gasteiger partial charge on any atom is 0.120 e. The number of benzene rings is 1. The highest BCUT2D eigenvalue weighted by Gasteiger charge is 2.13. The van der Waals surface area contributed by atoms with Crippen LogP contribution in [0.4, 0.5) is 0 Å². The first-order valence-corrected chi connectivity index (χ1v) is 7.91. The van der Waals surface area contributed by atoms with E-state index in [0.717, 1.165) is 0 Å². The van der Waals surface area contributed by atoms with E-state index in [1.165, 1.54) is 38.5 Å². The van der Waals surface area contributed by atoms with Gasteiger partial charge in [-0.2, -0.15) is 0 Å². The molecule has 0 bridgehead atoms. The molecule has 1 aromatic carbocycles. The van der Waals surface area contributed by atoms with Gasteiger partial charge in [0.2, 0.25) is 0 Å². The molecule has 20 heavy (non-hydrogen) atoms. The van der Waals surface area contributed by atoms with Crippen LogP contribution in [0.2, 0.25) is 5.02 Å². The Morgan fingerprint density at radius 3 is 2.70 bits per heavy atom. The SMILES string of the molecule is OC(CNC1CCCCCC1)COc1cccc(Cl)c1. The van der Waals surface area contributed by atoms with Gasteiger partial charge in [-0.25, -0.2) is 0 Å². The van der Waals surface area contributed by atoms with Crippen LogP contribution < -0.4 is 10.1 Å². The predicted molar refractivity (Wildman–Crippen MR) is 82.4 cm³/mol. The first-order chi connectivity index (χ1) is 9.74. The number of rotatable bonds is 6. The first-order valence-electron chi connectivity index (χ1n) is 7.54. The molecule has 112 valence electrons. The Morgan fingerprint density at radius 1 is 1.25 bits per heavy atom. The van der Waals surface area contributed by atoms with Gasteiger partial charge in [0, 0.05) is 17.6 Å². The molecule has 0 amide bonds. The van der Waals surface area contributed by atoms with Gasteiger partial charge >= 0.3 is 0 Å². The summed E-state index contributed by atoms with van der Waals surface area (Å²) in [7, 11) is 0. The van der Waals surface area contributed by atoms with Crippen molar-refractivity contribution in [2.75, 3.05) is 13.2 Å². The average molecular weight is 298 g/mol.